The van der Waals surface area contributed by atoms with Gasteiger partial charge in [0.2, 0.25) is 0 Å². The zero-order chi connectivity index (χ0) is 23.9. The van der Waals surface area contributed by atoms with Crippen LogP contribution in [0.5, 0.6) is 0 Å². The second kappa shape index (κ2) is 7.61. The number of hydrogen-bond donors (Lipinski definition) is 2. The van der Waals surface area contributed by atoms with Crippen molar-refractivity contribution in [1.82, 2.24) is 0 Å². The molecular formula is C31H48O2. The largest absolute Gasteiger partial charge is 0.393 e. The summed E-state index contributed by atoms with van der Waals surface area (Å²) in [6.07, 6.45) is 13.4. The van der Waals surface area contributed by atoms with E-state index in [1.807, 2.05) is 5.57 Å². The molecule has 0 radical (unpaired) electrons. The molecule has 5 aliphatic carbocycles. The number of allylic oxidation sites excluding steroid dienone is 2. The summed E-state index contributed by atoms with van der Waals surface area (Å²) in [5.74, 6) is 8.53. The zero-order valence-electron chi connectivity index (χ0n) is 22.2. The van der Waals surface area contributed by atoms with Gasteiger partial charge in [-0.15, -0.1) is 0 Å². The van der Waals surface area contributed by atoms with Crippen LogP contribution in [-0.2, 0) is 0 Å². The van der Waals surface area contributed by atoms with E-state index in [9.17, 15) is 10.2 Å². The van der Waals surface area contributed by atoms with E-state index in [4.69, 9.17) is 0 Å². The predicted octanol–water partition coefficient (Wildman–Crippen LogP) is 7.04. The maximum Gasteiger partial charge on any atom is 0.125 e. The third-order valence-corrected chi connectivity index (χ3v) is 12.4. The van der Waals surface area contributed by atoms with Gasteiger partial charge in [-0.25, -0.2) is 0 Å². The van der Waals surface area contributed by atoms with Crippen molar-refractivity contribution in [3.8, 4) is 11.8 Å². The van der Waals surface area contributed by atoms with Crippen molar-refractivity contribution in [2.75, 3.05) is 0 Å². The highest BCUT2D eigenvalue weighted by molar-refractivity contribution is 5.38. The van der Waals surface area contributed by atoms with Crippen LogP contribution in [0.3, 0.4) is 0 Å². The van der Waals surface area contributed by atoms with Gasteiger partial charge in [-0.1, -0.05) is 64.5 Å². The molecule has 0 bridgehead atoms. The van der Waals surface area contributed by atoms with Crippen LogP contribution in [0.4, 0.5) is 0 Å². The summed E-state index contributed by atoms with van der Waals surface area (Å²) in [6, 6.07) is 0. The minimum atomic E-state index is -0.673. The Labute approximate surface area is 203 Å². The van der Waals surface area contributed by atoms with Crippen molar-refractivity contribution in [3.05, 3.63) is 11.1 Å². The fourth-order valence-corrected chi connectivity index (χ4v) is 9.78. The first-order valence-electron chi connectivity index (χ1n) is 14.0. The highest BCUT2D eigenvalue weighted by Crippen LogP contribution is 2.72. The first-order chi connectivity index (χ1) is 15.4. The molecule has 5 rings (SSSR count). The molecule has 2 nitrogen and oxygen atoms in total. The van der Waals surface area contributed by atoms with Gasteiger partial charge in [-0.05, 0) is 110 Å². The summed E-state index contributed by atoms with van der Waals surface area (Å²) in [4.78, 5) is 0. The second-order valence-electron chi connectivity index (χ2n) is 14.1. The van der Waals surface area contributed by atoms with Gasteiger partial charge in [0, 0.05) is 6.42 Å². The smallest absolute Gasteiger partial charge is 0.125 e. The minimum Gasteiger partial charge on any atom is -0.393 e. The number of rotatable bonds is 2. The number of hydrogen-bond acceptors (Lipinski definition) is 2. The van der Waals surface area contributed by atoms with E-state index in [1.165, 1.54) is 38.5 Å². The maximum absolute atomic E-state index is 10.8. The standard InChI is InChI=1S/C31H48O2/c1-21(9-7-15-31(33)16-8-17-31)22-12-19-30(6)24-10-11-25-27(2,3)26(32)14-18-28(25,4)23(24)13-20-29(22,30)5/h21-22,25-26,32-33H,8-14,16-20H2,1-6H3/t21-,22-,25+,26+,28-,29-,30+/m1/s1. The van der Waals surface area contributed by atoms with Crippen molar-refractivity contribution in [2.24, 2.45) is 39.4 Å². The van der Waals surface area contributed by atoms with E-state index >= 15 is 0 Å². The zero-order valence-corrected chi connectivity index (χ0v) is 22.2. The van der Waals surface area contributed by atoms with Crippen LogP contribution in [0.1, 0.15) is 119 Å². The third-order valence-electron chi connectivity index (χ3n) is 12.4. The van der Waals surface area contributed by atoms with E-state index in [0.29, 0.717) is 22.7 Å². The van der Waals surface area contributed by atoms with E-state index in [1.54, 1.807) is 5.57 Å². The highest BCUT2D eigenvalue weighted by atomic mass is 16.3. The first kappa shape index (κ1) is 23.9. The lowest BCUT2D eigenvalue weighted by molar-refractivity contribution is -0.0961. The molecule has 184 valence electrons. The summed E-state index contributed by atoms with van der Waals surface area (Å²) in [6.45, 7) is 14.9. The van der Waals surface area contributed by atoms with Crippen molar-refractivity contribution in [3.63, 3.8) is 0 Å². The Morgan fingerprint density at radius 3 is 2.30 bits per heavy atom. The third kappa shape index (κ3) is 3.27. The summed E-state index contributed by atoms with van der Waals surface area (Å²) >= 11 is 0. The Kier molecular flexibility index (Phi) is 5.52. The van der Waals surface area contributed by atoms with Crippen LogP contribution in [0.25, 0.3) is 0 Å². The number of aliphatic hydroxyl groups is 2. The van der Waals surface area contributed by atoms with E-state index < -0.39 is 5.60 Å². The fourth-order valence-electron chi connectivity index (χ4n) is 9.78. The average Bonchev–Trinajstić information content (AvgIpc) is 3.01. The van der Waals surface area contributed by atoms with Crippen LogP contribution in [0, 0.1) is 51.3 Å². The Morgan fingerprint density at radius 2 is 1.64 bits per heavy atom. The van der Waals surface area contributed by atoms with E-state index in [-0.39, 0.29) is 16.9 Å². The topological polar surface area (TPSA) is 40.5 Å². The number of fused-ring (bicyclic) bond motifs is 4. The van der Waals surface area contributed by atoms with Gasteiger partial charge in [0.25, 0.3) is 0 Å². The van der Waals surface area contributed by atoms with Crippen molar-refractivity contribution in [1.29, 1.82) is 0 Å². The lowest BCUT2D eigenvalue weighted by Crippen LogP contribution is -2.55. The molecule has 33 heavy (non-hydrogen) atoms. The summed E-state index contributed by atoms with van der Waals surface area (Å²) in [5, 5.41) is 21.2. The molecule has 7 atom stereocenters. The summed E-state index contributed by atoms with van der Waals surface area (Å²) in [5.41, 5.74) is 3.91. The molecule has 2 heteroatoms. The minimum absolute atomic E-state index is 0.0170. The van der Waals surface area contributed by atoms with Gasteiger partial charge in [0.15, 0.2) is 0 Å². The molecule has 5 aliphatic rings. The molecule has 0 unspecified atom stereocenters. The van der Waals surface area contributed by atoms with Crippen LogP contribution in [0.2, 0.25) is 0 Å². The van der Waals surface area contributed by atoms with Gasteiger partial charge in [-0.3, -0.25) is 0 Å². The molecule has 0 aromatic carbocycles. The highest BCUT2D eigenvalue weighted by Gasteiger charge is 2.63. The molecule has 0 spiro atoms. The van der Waals surface area contributed by atoms with E-state index in [0.717, 1.165) is 44.4 Å². The van der Waals surface area contributed by atoms with Gasteiger partial charge in [-0.2, -0.15) is 0 Å². The second-order valence-corrected chi connectivity index (χ2v) is 14.1. The average molecular weight is 453 g/mol. The van der Waals surface area contributed by atoms with Crippen LogP contribution in [-0.4, -0.2) is 21.9 Å². The number of aliphatic hydroxyl groups excluding tert-OH is 1. The molecule has 0 aromatic rings. The van der Waals surface area contributed by atoms with Crippen LogP contribution >= 0.6 is 0 Å². The van der Waals surface area contributed by atoms with Gasteiger partial charge in [0.05, 0.1) is 6.10 Å². The summed E-state index contributed by atoms with van der Waals surface area (Å²) in [7, 11) is 0. The molecule has 3 saturated carbocycles. The predicted molar refractivity (Wildman–Crippen MR) is 135 cm³/mol. The SMILES string of the molecule is C[C@H](CC#CC1(O)CCC1)[C@H]1CC[C@@]2(C)C3=C(CC[C@]12C)[C@@]1(C)CC[C@H](O)C(C)(C)[C@@H]1CC3. The Balaban J connectivity index is 1.42. The van der Waals surface area contributed by atoms with Crippen molar-refractivity contribution >= 4 is 0 Å². The molecule has 3 fully saturated rings. The molecule has 0 aromatic heterocycles. The van der Waals surface area contributed by atoms with Gasteiger partial charge in [0.1, 0.15) is 5.60 Å². The molecule has 0 heterocycles. The van der Waals surface area contributed by atoms with Crippen LogP contribution in [0.15, 0.2) is 11.1 Å². The Hall–Kier alpha value is -0.780. The monoisotopic (exact) mass is 452 g/mol. The molecule has 0 aliphatic heterocycles. The normalized spacial score (nSPS) is 46.2. The van der Waals surface area contributed by atoms with E-state index in [2.05, 4.69) is 53.4 Å². The lowest BCUT2D eigenvalue weighted by atomic mass is 9.43. The van der Waals surface area contributed by atoms with Crippen LogP contribution < -0.4 is 0 Å². The quantitative estimate of drug-likeness (QED) is 0.348. The Morgan fingerprint density at radius 1 is 0.909 bits per heavy atom. The maximum atomic E-state index is 10.8. The summed E-state index contributed by atoms with van der Waals surface area (Å²) < 4.78 is 0. The molecular weight excluding hydrogens is 404 g/mol. The Bertz CT molecular complexity index is 898. The molecule has 2 N–H and O–H groups in total. The van der Waals surface area contributed by atoms with Crippen molar-refractivity contribution < 1.29 is 10.2 Å². The molecule has 0 amide bonds. The van der Waals surface area contributed by atoms with Crippen molar-refractivity contribution in [2.45, 2.75) is 130 Å². The lowest BCUT2D eigenvalue weighted by Gasteiger charge is -2.62. The van der Waals surface area contributed by atoms with Gasteiger partial charge >= 0.3 is 0 Å². The molecule has 0 saturated heterocycles. The first-order valence-corrected chi connectivity index (χ1v) is 14.0. The fraction of sp³-hybridized carbons (Fsp3) is 0.871. The van der Waals surface area contributed by atoms with Gasteiger partial charge < -0.3 is 10.2 Å².